The van der Waals surface area contributed by atoms with Gasteiger partial charge in [0.25, 0.3) is 0 Å². The summed E-state index contributed by atoms with van der Waals surface area (Å²) in [5.74, 6) is 0.816. The molecule has 0 spiro atoms. The Balaban J connectivity index is 2.67. The molecule has 0 bridgehead atoms. The molecule has 1 aromatic carbocycles. The first kappa shape index (κ1) is 16.7. The Hall–Kier alpha value is -1.31. The fourth-order valence-corrected chi connectivity index (χ4v) is 2.25. The van der Waals surface area contributed by atoms with Crippen molar-refractivity contribution in [3.8, 4) is 0 Å². The Morgan fingerprint density at radius 2 is 1.75 bits per heavy atom. The highest BCUT2D eigenvalue weighted by Gasteiger charge is 2.31. The summed E-state index contributed by atoms with van der Waals surface area (Å²) in [4.78, 5) is 12.5. The van der Waals surface area contributed by atoms with E-state index < -0.39 is 0 Å². The summed E-state index contributed by atoms with van der Waals surface area (Å²) in [5.41, 5.74) is 1.20. The summed E-state index contributed by atoms with van der Waals surface area (Å²) in [6, 6.07) is 10.3. The Morgan fingerprint density at radius 3 is 2.25 bits per heavy atom. The topological polar surface area (TPSA) is 29.1 Å². The van der Waals surface area contributed by atoms with Crippen molar-refractivity contribution in [3.63, 3.8) is 0 Å². The van der Waals surface area contributed by atoms with Crippen LogP contribution < -0.4 is 5.32 Å². The number of amides is 1. The predicted molar refractivity (Wildman–Crippen MR) is 85.6 cm³/mol. The van der Waals surface area contributed by atoms with Gasteiger partial charge in [-0.3, -0.25) is 4.79 Å². The molecule has 1 rings (SSSR count). The zero-order valence-electron chi connectivity index (χ0n) is 13.6. The summed E-state index contributed by atoms with van der Waals surface area (Å²) in [5, 5.41) is 3.10. The number of benzene rings is 1. The largest absolute Gasteiger partial charge is 0.356 e. The summed E-state index contributed by atoms with van der Waals surface area (Å²) in [6.07, 6.45) is 1.84. The van der Waals surface area contributed by atoms with Gasteiger partial charge in [-0.15, -0.1) is 0 Å². The maximum Gasteiger partial charge on any atom is 0.223 e. The summed E-state index contributed by atoms with van der Waals surface area (Å²) < 4.78 is 0. The average molecular weight is 275 g/mol. The maximum atomic E-state index is 12.5. The van der Waals surface area contributed by atoms with Crippen molar-refractivity contribution < 1.29 is 4.79 Å². The van der Waals surface area contributed by atoms with E-state index in [1.165, 1.54) is 5.56 Å². The highest BCUT2D eigenvalue weighted by Crippen LogP contribution is 2.29. The lowest BCUT2D eigenvalue weighted by molar-refractivity contribution is -0.128. The van der Waals surface area contributed by atoms with E-state index in [1.807, 2.05) is 18.2 Å². The van der Waals surface area contributed by atoms with Crippen LogP contribution in [0.15, 0.2) is 30.3 Å². The minimum atomic E-state index is -0.0300. The Kier molecular flexibility index (Phi) is 6.25. The lowest BCUT2D eigenvalue weighted by Gasteiger charge is -2.30. The third-order valence-corrected chi connectivity index (χ3v) is 3.67. The molecule has 2 nitrogen and oxygen atoms in total. The van der Waals surface area contributed by atoms with Gasteiger partial charge >= 0.3 is 0 Å². The standard InChI is InChI=1S/C18H29NO/c1-14(2)11-12-19-17(20)16(18(3,4)5)13-15-9-7-6-8-10-15/h6-10,14,16H,11-13H2,1-5H3,(H,19,20). The minimum Gasteiger partial charge on any atom is -0.356 e. The number of rotatable bonds is 6. The lowest BCUT2D eigenvalue weighted by atomic mass is 9.76. The molecule has 1 aromatic rings. The Bertz CT molecular complexity index is 403. The molecule has 0 aromatic heterocycles. The van der Waals surface area contributed by atoms with Crippen LogP contribution in [0.25, 0.3) is 0 Å². The van der Waals surface area contributed by atoms with Gasteiger partial charge in [0.15, 0.2) is 0 Å². The first-order valence-corrected chi connectivity index (χ1v) is 7.62. The molecule has 2 heteroatoms. The van der Waals surface area contributed by atoms with Crippen molar-refractivity contribution in [3.05, 3.63) is 35.9 Å². The van der Waals surface area contributed by atoms with E-state index in [9.17, 15) is 4.79 Å². The maximum absolute atomic E-state index is 12.5. The molecule has 0 saturated heterocycles. The smallest absolute Gasteiger partial charge is 0.223 e. The zero-order valence-corrected chi connectivity index (χ0v) is 13.6. The number of carbonyl (C=O) groups excluding carboxylic acids is 1. The lowest BCUT2D eigenvalue weighted by Crippen LogP contribution is -2.39. The van der Waals surface area contributed by atoms with Crippen LogP contribution >= 0.6 is 0 Å². The Labute approximate surface area is 124 Å². The van der Waals surface area contributed by atoms with Crippen LogP contribution in [0.4, 0.5) is 0 Å². The van der Waals surface area contributed by atoms with Gasteiger partial charge < -0.3 is 5.32 Å². The SMILES string of the molecule is CC(C)CCNC(=O)C(Cc1ccccc1)C(C)(C)C. The molecular formula is C18H29NO. The quantitative estimate of drug-likeness (QED) is 0.833. The van der Waals surface area contributed by atoms with Gasteiger partial charge in [-0.25, -0.2) is 0 Å². The van der Waals surface area contributed by atoms with E-state index in [1.54, 1.807) is 0 Å². The molecule has 1 N–H and O–H groups in total. The second-order valence-corrected chi connectivity index (χ2v) is 7.08. The monoisotopic (exact) mass is 275 g/mol. The molecule has 0 aliphatic heterocycles. The van der Waals surface area contributed by atoms with Crippen molar-refractivity contribution in [1.29, 1.82) is 0 Å². The molecule has 0 fully saturated rings. The van der Waals surface area contributed by atoms with Crippen molar-refractivity contribution in [2.45, 2.75) is 47.5 Å². The number of carbonyl (C=O) groups is 1. The van der Waals surface area contributed by atoms with E-state index in [4.69, 9.17) is 0 Å². The Morgan fingerprint density at radius 1 is 1.15 bits per heavy atom. The van der Waals surface area contributed by atoms with E-state index >= 15 is 0 Å². The molecule has 1 atom stereocenters. The first-order chi connectivity index (χ1) is 9.30. The van der Waals surface area contributed by atoms with Gasteiger partial charge in [0.05, 0.1) is 0 Å². The third-order valence-electron chi connectivity index (χ3n) is 3.67. The van der Waals surface area contributed by atoms with Crippen molar-refractivity contribution >= 4 is 5.91 Å². The molecule has 1 amide bonds. The fourth-order valence-electron chi connectivity index (χ4n) is 2.25. The van der Waals surface area contributed by atoms with Gasteiger partial charge in [-0.05, 0) is 29.7 Å². The van der Waals surface area contributed by atoms with Crippen LogP contribution in [0.2, 0.25) is 0 Å². The fraction of sp³-hybridized carbons (Fsp3) is 0.611. The van der Waals surface area contributed by atoms with E-state index in [0.29, 0.717) is 5.92 Å². The van der Waals surface area contributed by atoms with Crippen LogP contribution in [0.1, 0.15) is 46.6 Å². The molecule has 0 aliphatic carbocycles. The van der Waals surface area contributed by atoms with Crippen LogP contribution in [0, 0.1) is 17.3 Å². The van der Waals surface area contributed by atoms with Gasteiger partial charge in [0, 0.05) is 12.5 Å². The molecule has 0 radical (unpaired) electrons. The third kappa shape index (κ3) is 5.77. The normalized spacial score (nSPS) is 13.3. The van der Waals surface area contributed by atoms with E-state index in [2.05, 4.69) is 52.1 Å². The molecule has 112 valence electrons. The summed E-state index contributed by atoms with van der Waals surface area (Å²) in [7, 11) is 0. The molecule has 1 unspecified atom stereocenters. The van der Waals surface area contributed by atoms with Gasteiger partial charge in [-0.1, -0.05) is 65.0 Å². The van der Waals surface area contributed by atoms with Crippen LogP contribution in [0.3, 0.4) is 0 Å². The molecular weight excluding hydrogens is 246 g/mol. The van der Waals surface area contributed by atoms with Gasteiger partial charge in [-0.2, -0.15) is 0 Å². The second-order valence-electron chi connectivity index (χ2n) is 7.08. The molecule has 20 heavy (non-hydrogen) atoms. The van der Waals surface area contributed by atoms with Gasteiger partial charge in [0.1, 0.15) is 0 Å². The first-order valence-electron chi connectivity index (χ1n) is 7.62. The van der Waals surface area contributed by atoms with Crippen molar-refractivity contribution in [1.82, 2.24) is 5.32 Å². The van der Waals surface area contributed by atoms with Crippen molar-refractivity contribution in [2.75, 3.05) is 6.54 Å². The number of hydrogen-bond donors (Lipinski definition) is 1. The van der Waals surface area contributed by atoms with E-state index in [-0.39, 0.29) is 17.2 Å². The zero-order chi connectivity index (χ0) is 15.2. The average Bonchev–Trinajstić information content (AvgIpc) is 2.35. The molecule has 0 heterocycles. The van der Waals surface area contributed by atoms with Gasteiger partial charge in [0.2, 0.25) is 5.91 Å². The highest BCUT2D eigenvalue weighted by molar-refractivity contribution is 5.79. The minimum absolute atomic E-state index is 0.0112. The van der Waals surface area contributed by atoms with Crippen LogP contribution in [0.5, 0.6) is 0 Å². The highest BCUT2D eigenvalue weighted by atomic mass is 16.1. The molecule has 0 saturated carbocycles. The van der Waals surface area contributed by atoms with E-state index in [0.717, 1.165) is 19.4 Å². The molecule has 0 aliphatic rings. The number of nitrogens with one attached hydrogen (secondary N) is 1. The van der Waals surface area contributed by atoms with Crippen LogP contribution in [-0.2, 0) is 11.2 Å². The number of hydrogen-bond acceptors (Lipinski definition) is 1. The van der Waals surface area contributed by atoms with Crippen LogP contribution in [-0.4, -0.2) is 12.5 Å². The summed E-state index contributed by atoms with van der Waals surface area (Å²) >= 11 is 0. The van der Waals surface area contributed by atoms with Crippen molar-refractivity contribution in [2.24, 2.45) is 17.3 Å². The predicted octanol–water partition coefficient (Wildman–Crippen LogP) is 4.05. The summed E-state index contributed by atoms with van der Waals surface area (Å²) in [6.45, 7) is 11.6. The second kappa shape index (κ2) is 7.47.